The second-order valence-corrected chi connectivity index (χ2v) is 7.86. The summed E-state index contributed by atoms with van der Waals surface area (Å²) in [5, 5.41) is 11.2. The van der Waals surface area contributed by atoms with Crippen LogP contribution < -0.4 is 5.73 Å². The van der Waals surface area contributed by atoms with Gasteiger partial charge >= 0.3 is 0 Å². The molecule has 2 nitrogen and oxygen atoms in total. The van der Waals surface area contributed by atoms with Gasteiger partial charge in [0.2, 0.25) is 0 Å². The molecule has 0 spiro atoms. The molecule has 4 atom stereocenters. The van der Waals surface area contributed by atoms with Crippen molar-refractivity contribution in [2.24, 2.45) is 23.5 Å². The predicted octanol–water partition coefficient (Wildman–Crippen LogP) is 3.24. The highest BCUT2D eigenvalue weighted by atomic mass is 35.5. The van der Waals surface area contributed by atoms with Crippen LogP contribution in [-0.2, 0) is 0 Å². The van der Waals surface area contributed by atoms with Crippen molar-refractivity contribution in [1.29, 1.82) is 0 Å². The fraction of sp³-hybridized carbons (Fsp3) is 0.647. The van der Waals surface area contributed by atoms with E-state index in [1.54, 1.807) is 0 Å². The zero-order valence-electron chi connectivity index (χ0n) is 11.6. The van der Waals surface area contributed by atoms with Gasteiger partial charge in [0.25, 0.3) is 0 Å². The maximum absolute atomic E-state index is 11.2. The van der Waals surface area contributed by atoms with E-state index in [1.165, 1.54) is 6.42 Å². The molecular weight excluding hydrogens is 270 g/mol. The monoisotopic (exact) mass is 291 g/mol. The summed E-state index contributed by atoms with van der Waals surface area (Å²) in [6, 6.07) is 9.75. The molecule has 4 saturated carbocycles. The summed E-state index contributed by atoms with van der Waals surface area (Å²) in [7, 11) is 0. The Hall–Kier alpha value is -0.570. The predicted molar refractivity (Wildman–Crippen MR) is 80.5 cm³/mol. The molecule has 3 heteroatoms. The van der Waals surface area contributed by atoms with E-state index in [2.05, 4.69) is 0 Å². The van der Waals surface area contributed by atoms with E-state index in [0.29, 0.717) is 17.8 Å². The number of aliphatic hydroxyl groups is 1. The molecule has 1 unspecified atom stereocenters. The smallest absolute Gasteiger partial charge is 0.0952 e. The Labute approximate surface area is 125 Å². The third kappa shape index (κ3) is 1.59. The fourth-order valence-electron chi connectivity index (χ4n) is 5.42. The first-order valence-electron chi connectivity index (χ1n) is 7.75. The number of hydrogen-bond acceptors (Lipinski definition) is 2. The van der Waals surface area contributed by atoms with E-state index >= 15 is 0 Å². The van der Waals surface area contributed by atoms with Crippen LogP contribution >= 0.6 is 11.6 Å². The average Bonchev–Trinajstić information content (AvgIpc) is 2.43. The Morgan fingerprint density at radius 1 is 1.10 bits per heavy atom. The van der Waals surface area contributed by atoms with Crippen LogP contribution in [-0.4, -0.2) is 15.6 Å². The van der Waals surface area contributed by atoms with Crippen LogP contribution in [0.15, 0.2) is 30.3 Å². The van der Waals surface area contributed by atoms with Crippen LogP contribution in [0.25, 0.3) is 0 Å². The summed E-state index contributed by atoms with van der Waals surface area (Å²) in [6.07, 6.45) is 5.24. The topological polar surface area (TPSA) is 46.2 Å². The van der Waals surface area contributed by atoms with Gasteiger partial charge in [-0.3, -0.25) is 0 Å². The molecule has 4 aliphatic rings. The van der Waals surface area contributed by atoms with Crippen LogP contribution in [0.4, 0.5) is 0 Å². The van der Waals surface area contributed by atoms with Gasteiger partial charge in [0.1, 0.15) is 0 Å². The molecule has 0 amide bonds. The number of halogens is 1. The molecule has 4 aliphatic carbocycles. The van der Waals surface area contributed by atoms with E-state index in [1.807, 2.05) is 30.3 Å². The molecule has 108 valence electrons. The molecule has 0 heterocycles. The summed E-state index contributed by atoms with van der Waals surface area (Å²) in [4.78, 5) is -0.693. The van der Waals surface area contributed by atoms with Crippen molar-refractivity contribution in [3.05, 3.63) is 35.9 Å². The molecule has 4 fully saturated rings. The van der Waals surface area contributed by atoms with Gasteiger partial charge < -0.3 is 10.8 Å². The SMILES string of the molecule is NC(c1ccccc1)[C@]1(Cl)C2C[C@H]3C[C@H](C2)CC1(O)C3. The average molecular weight is 292 g/mol. The lowest BCUT2D eigenvalue weighted by molar-refractivity contribution is -0.163. The highest BCUT2D eigenvalue weighted by Crippen LogP contribution is 2.65. The molecule has 0 radical (unpaired) electrons. The van der Waals surface area contributed by atoms with Crippen LogP contribution in [0.5, 0.6) is 0 Å². The van der Waals surface area contributed by atoms with Gasteiger partial charge in [0.05, 0.1) is 16.5 Å². The van der Waals surface area contributed by atoms with Crippen molar-refractivity contribution in [3.8, 4) is 0 Å². The summed E-state index contributed by atoms with van der Waals surface area (Å²) in [5.41, 5.74) is 6.81. The number of hydrogen-bond donors (Lipinski definition) is 2. The molecule has 0 aliphatic heterocycles. The quantitative estimate of drug-likeness (QED) is 0.822. The Bertz CT molecular complexity index is 505. The summed E-state index contributed by atoms with van der Waals surface area (Å²) < 4.78 is 0. The van der Waals surface area contributed by atoms with Crippen LogP contribution in [0, 0.1) is 17.8 Å². The summed E-state index contributed by atoms with van der Waals surface area (Å²) in [6.45, 7) is 0. The van der Waals surface area contributed by atoms with Crippen molar-refractivity contribution in [1.82, 2.24) is 0 Å². The molecule has 0 saturated heterocycles. The van der Waals surface area contributed by atoms with E-state index in [4.69, 9.17) is 17.3 Å². The van der Waals surface area contributed by atoms with Gasteiger partial charge in [-0.1, -0.05) is 30.3 Å². The molecule has 1 aromatic carbocycles. The van der Waals surface area contributed by atoms with E-state index in [-0.39, 0.29) is 6.04 Å². The van der Waals surface area contributed by atoms with Crippen molar-refractivity contribution in [2.45, 2.75) is 48.6 Å². The normalized spacial score (nSPS) is 47.5. The van der Waals surface area contributed by atoms with Gasteiger partial charge in [-0.2, -0.15) is 0 Å². The van der Waals surface area contributed by atoms with Gasteiger partial charge in [-0.15, -0.1) is 11.6 Å². The number of benzene rings is 1. The molecular formula is C17H22ClNO. The lowest BCUT2D eigenvalue weighted by Crippen LogP contribution is -2.69. The fourth-order valence-corrected chi connectivity index (χ4v) is 5.88. The van der Waals surface area contributed by atoms with Gasteiger partial charge in [0, 0.05) is 0 Å². The molecule has 3 N–H and O–H groups in total. The van der Waals surface area contributed by atoms with Gasteiger partial charge in [-0.25, -0.2) is 0 Å². The minimum absolute atomic E-state index is 0.291. The number of rotatable bonds is 2. The summed E-state index contributed by atoms with van der Waals surface area (Å²) >= 11 is 7.08. The van der Waals surface area contributed by atoms with Crippen LogP contribution in [0.1, 0.15) is 43.7 Å². The van der Waals surface area contributed by atoms with E-state index in [9.17, 15) is 5.11 Å². The Morgan fingerprint density at radius 3 is 2.25 bits per heavy atom. The largest absolute Gasteiger partial charge is 0.388 e. The molecule has 0 aromatic heterocycles. The minimum atomic E-state index is -0.779. The van der Waals surface area contributed by atoms with Crippen LogP contribution in [0.2, 0.25) is 0 Å². The molecule has 5 rings (SSSR count). The van der Waals surface area contributed by atoms with Crippen molar-refractivity contribution in [2.75, 3.05) is 0 Å². The van der Waals surface area contributed by atoms with Gasteiger partial charge in [0.15, 0.2) is 0 Å². The lowest BCUT2D eigenvalue weighted by Gasteiger charge is -2.64. The Morgan fingerprint density at radius 2 is 1.70 bits per heavy atom. The van der Waals surface area contributed by atoms with Crippen molar-refractivity contribution in [3.63, 3.8) is 0 Å². The Balaban J connectivity index is 1.75. The maximum Gasteiger partial charge on any atom is 0.0952 e. The Kier molecular flexibility index (Phi) is 2.77. The third-order valence-electron chi connectivity index (χ3n) is 6.07. The van der Waals surface area contributed by atoms with Gasteiger partial charge in [-0.05, 0) is 55.4 Å². The van der Waals surface area contributed by atoms with Crippen molar-refractivity contribution >= 4 is 11.6 Å². The standard InChI is InChI=1S/C17H22ClNO/c18-17(15(19)13-4-2-1-3-5-13)14-7-11-6-12(8-14)10-16(17,20)9-11/h1-5,11-12,14-15,20H,6-10,19H2/t11-,12-,14?,15?,16?,17-/m1/s1. The molecule has 4 bridgehead atoms. The first-order chi connectivity index (χ1) is 9.53. The third-order valence-corrected chi connectivity index (χ3v) is 6.97. The second kappa shape index (κ2) is 4.22. The minimum Gasteiger partial charge on any atom is -0.388 e. The second-order valence-electron chi connectivity index (χ2n) is 7.23. The van der Waals surface area contributed by atoms with Crippen LogP contribution in [0.3, 0.4) is 0 Å². The van der Waals surface area contributed by atoms with E-state index < -0.39 is 10.5 Å². The zero-order valence-corrected chi connectivity index (χ0v) is 12.4. The number of nitrogens with two attached hydrogens (primary N) is 1. The molecule has 20 heavy (non-hydrogen) atoms. The summed E-state index contributed by atoms with van der Waals surface area (Å²) in [5.74, 6) is 1.68. The first-order valence-corrected chi connectivity index (χ1v) is 8.12. The number of alkyl halides is 1. The van der Waals surface area contributed by atoms with E-state index in [0.717, 1.165) is 31.2 Å². The first kappa shape index (κ1) is 13.1. The van der Waals surface area contributed by atoms with Crippen molar-refractivity contribution < 1.29 is 5.11 Å². The molecule has 1 aromatic rings. The highest BCUT2D eigenvalue weighted by Gasteiger charge is 2.66. The lowest BCUT2D eigenvalue weighted by atomic mass is 9.47. The maximum atomic E-state index is 11.2. The zero-order chi connectivity index (χ0) is 14.0. The highest BCUT2D eigenvalue weighted by molar-refractivity contribution is 6.25.